The molecule has 5 heteroatoms. The van der Waals surface area contributed by atoms with Crippen LogP contribution in [0, 0.1) is 5.92 Å². The minimum atomic E-state index is 0.371. The van der Waals surface area contributed by atoms with Crippen LogP contribution in [-0.4, -0.2) is 47.6 Å². The van der Waals surface area contributed by atoms with Gasteiger partial charge in [0.05, 0.1) is 0 Å². The summed E-state index contributed by atoms with van der Waals surface area (Å²) in [4.78, 5) is 13.2. The second-order valence-corrected chi connectivity index (χ2v) is 5.46. The van der Waals surface area contributed by atoms with Gasteiger partial charge in [-0.05, 0) is 44.8 Å². The number of aromatic nitrogens is 2. The van der Waals surface area contributed by atoms with E-state index in [4.69, 9.17) is 5.73 Å². The molecule has 2 fully saturated rings. The van der Waals surface area contributed by atoms with Crippen molar-refractivity contribution in [3.05, 3.63) is 12.3 Å². The Hall–Kier alpha value is -1.36. The molecule has 3 heterocycles. The second kappa shape index (κ2) is 4.72. The summed E-state index contributed by atoms with van der Waals surface area (Å²) in [5, 5.41) is 0. The van der Waals surface area contributed by atoms with E-state index in [1.807, 2.05) is 6.07 Å². The highest BCUT2D eigenvalue weighted by molar-refractivity contribution is 5.41. The Labute approximate surface area is 108 Å². The molecule has 1 aromatic heterocycles. The quantitative estimate of drug-likeness (QED) is 0.801. The van der Waals surface area contributed by atoms with Crippen LogP contribution in [0.25, 0.3) is 0 Å². The number of fused-ring (bicyclic) bond motifs is 1. The van der Waals surface area contributed by atoms with Crippen LogP contribution in [0.5, 0.6) is 0 Å². The van der Waals surface area contributed by atoms with Gasteiger partial charge in [-0.2, -0.15) is 4.98 Å². The van der Waals surface area contributed by atoms with Gasteiger partial charge in [0.1, 0.15) is 5.82 Å². The highest BCUT2D eigenvalue weighted by atomic mass is 15.2. The third kappa shape index (κ3) is 2.14. The van der Waals surface area contributed by atoms with Crippen LogP contribution in [0.4, 0.5) is 11.8 Å². The summed E-state index contributed by atoms with van der Waals surface area (Å²) < 4.78 is 0. The molecule has 0 bridgehead atoms. The second-order valence-electron chi connectivity index (χ2n) is 5.46. The molecular formula is C13H21N5. The van der Waals surface area contributed by atoms with E-state index in [2.05, 4.69) is 26.8 Å². The minimum Gasteiger partial charge on any atom is -0.368 e. The molecule has 18 heavy (non-hydrogen) atoms. The molecule has 0 amide bonds. The maximum Gasteiger partial charge on any atom is 0.221 e. The Morgan fingerprint density at radius 2 is 2.22 bits per heavy atom. The first-order valence-corrected chi connectivity index (χ1v) is 6.78. The first-order valence-electron chi connectivity index (χ1n) is 6.78. The Kier molecular flexibility index (Phi) is 3.07. The average molecular weight is 247 g/mol. The van der Waals surface area contributed by atoms with Crippen LogP contribution < -0.4 is 10.6 Å². The van der Waals surface area contributed by atoms with Crippen molar-refractivity contribution in [3.8, 4) is 0 Å². The lowest BCUT2D eigenvalue weighted by Gasteiger charge is -2.46. The molecule has 2 aliphatic rings. The fourth-order valence-electron chi connectivity index (χ4n) is 3.40. The number of likely N-dealkylation sites (tertiary alicyclic amines) is 1. The maximum absolute atomic E-state index is 5.66. The first kappa shape index (κ1) is 11.7. The van der Waals surface area contributed by atoms with Crippen LogP contribution in [0.2, 0.25) is 0 Å². The zero-order chi connectivity index (χ0) is 12.5. The zero-order valence-corrected chi connectivity index (χ0v) is 10.9. The first-order chi connectivity index (χ1) is 8.74. The minimum absolute atomic E-state index is 0.371. The lowest BCUT2D eigenvalue weighted by Crippen LogP contribution is -2.52. The van der Waals surface area contributed by atoms with Crippen molar-refractivity contribution in [1.82, 2.24) is 14.9 Å². The van der Waals surface area contributed by atoms with Crippen LogP contribution >= 0.6 is 0 Å². The van der Waals surface area contributed by atoms with Gasteiger partial charge in [0.15, 0.2) is 0 Å². The summed E-state index contributed by atoms with van der Waals surface area (Å²) in [5.74, 6) is 2.12. The van der Waals surface area contributed by atoms with Gasteiger partial charge < -0.3 is 15.5 Å². The third-order valence-corrected chi connectivity index (χ3v) is 4.33. The van der Waals surface area contributed by atoms with Gasteiger partial charge in [-0.3, -0.25) is 0 Å². The van der Waals surface area contributed by atoms with Gasteiger partial charge in [-0.1, -0.05) is 0 Å². The van der Waals surface area contributed by atoms with Crippen LogP contribution in [-0.2, 0) is 0 Å². The number of anilines is 2. The molecule has 0 spiro atoms. The van der Waals surface area contributed by atoms with Crippen molar-refractivity contribution < 1.29 is 0 Å². The van der Waals surface area contributed by atoms with E-state index < -0.39 is 0 Å². The molecule has 2 atom stereocenters. The molecule has 0 saturated carbocycles. The normalized spacial score (nSPS) is 29.1. The Bertz CT molecular complexity index is 422. The zero-order valence-electron chi connectivity index (χ0n) is 10.9. The van der Waals surface area contributed by atoms with Gasteiger partial charge in [0, 0.05) is 25.3 Å². The predicted molar refractivity (Wildman–Crippen MR) is 72.4 cm³/mol. The monoisotopic (exact) mass is 247 g/mol. The molecule has 2 saturated heterocycles. The summed E-state index contributed by atoms with van der Waals surface area (Å²) in [6.07, 6.45) is 5.63. The van der Waals surface area contributed by atoms with E-state index in [1.165, 1.54) is 25.8 Å². The smallest absolute Gasteiger partial charge is 0.221 e. The SMILES string of the molecule is CN1CCCC2CN(c3ccnc(N)n3)CCC21. The Morgan fingerprint density at radius 1 is 1.33 bits per heavy atom. The molecule has 2 aliphatic heterocycles. The number of hydrogen-bond donors (Lipinski definition) is 1. The third-order valence-electron chi connectivity index (χ3n) is 4.33. The molecule has 3 rings (SSSR count). The van der Waals surface area contributed by atoms with Gasteiger partial charge in [0.2, 0.25) is 5.95 Å². The molecule has 0 aliphatic carbocycles. The molecule has 0 radical (unpaired) electrons. The Balaban J connectivity index is 1.74. The summed E-state index contributed by atoms with van der Waals surface area (Å²) in [6, 6.07) is 2.72. The van der Waals surface area contributed by atoms with E-state index >= 15 is 0 Å². The number of nitrogens with zero attached hydrogens (tertiary/aromatic N) is 4. The number of piperidine rings is 2. The van der Waals surface area contributed by atoms with E-state index in [0.717, 1.165) is 30.9 Å². The van der Waals surface area contributed by atoms with E-state index in [0.29, 0.717) is 5.95 Å². The molecule has 1 aromatic rings. The van der Waals surface area contributed by atoms with E-state index in [-0.39, 0.29) is 0 Å². The van der Waals surface area contributed by atoms with Gasteiger partial charge in [0.25, 0.3) is 0 Å². The standard InChI is InChI=1S/C13H21N5/c1-17-7-2-3-10-9-18(8-5-11(10)17)12-4-6-15-13(14)16-12/h4,6,10-11H,2-3,5,7-9H2,1H3,(H2,14,15,16). The van der Waals surface area contributed by atoms with Gasteiger partial charge in [-0.25, -0.2) is 4.98 Å². The van der Waals surface area contributed by atoms with Crippen molar-refractivity contribution in [1.29, 1.82) is 0 Å². The van der Waals surface area contributed by atoms with Crippen LogP contribution in [0.3, 0.4) is 0 Å². The van der Waals surface area contributed by atoms with Crippen molar-refractivity contribution in [2.24, 2.45) is 5.92 Å². The number of nitrogens with two attached hydrogens (primary N) is 1. The molecule has 5 nitrogen and oxygen atoms in total. The van der Waals surface area contributed by atoms with E-state index in [1.54, 1.807) is 6.20 Å². The predicted octanol–water partition coefficient (Wildman–Crippen LogP) is 0.979. The Morgan fingerprint density at radius 3 is 3.06 bits per heavy atom. The highest BCUT2D eigenvalue weighted by Gasteiger charge is 2.34. The van der Waals surface area contributed by atoms with Gasteiger partial charge >= 0.3 is 0 Å². The van der Waals surface area contributed by atoms with Crippen molar-refractivity contribution >= 4 is 11.8 Å². The molecule has 2 unspecified atom stereocenters. The summed E-state index contributed by atoms with van der Waals surface area (Å²) >= 11 is 0. The summed E-state index contributed by atoms with van der Waals surface area (Å²) in [6.45, 7) is 3.43. The molecule has 98 valence electrons. The fourth-order valence-corrected chi connectivity index (χ4v) is 3.40. The fraction of sp³-hybridized carbons (Fsp3) is 0.692. The lowest BCUT2D eigenvalue weighted by atomic mass is 9.84. The lowest BCUT2D eigenvalue weighted by molar-refractivity contribution is 0.102. The van der Waals surface area contributed by atoms with Crippen molar-refractivity contribution in [2.45, 2.75) is 25.3 Å². The summed E-state index contributed by atoms with van der Waals surface area (Å²) in [7, 11) is 2.26. The number of hydrogen-bond acceptors (Lipinski definition) is 5. The summed E-state index contributed by atoms with van der Waals surface area (Å²) in [5.41, 5.74) is 5.66. The van der Waals surface area contributed by atoms with Crippen molar-refractivity contribution in [3.63, 3.8) is 0 Å². The largest absolute Gasteiger partial charge is 0.368 e. The van der Waals surface area contributed by atoms with Gasteiger partial charge in [-0.15, -0.1) is 0 Å². The topological polar surface area (TPSA) is 58.3 Å². The highest BCUT2D eigenvalue weighted by Crippen LogP contribution is 2.31. The number of rotatable bonds is 1. The average Bonchev–Trinajstić information content (AvgIpc) is 2.39. The van der Waals surface area contributed by atoms with E-state index in [9.17, 15) is 0 Å². The van der Waals surface area contributed by atoms with Crippen molar-refractivity contribution in [2.75, 3.05) is 37.3 Å². The van der Waals surface area contributed by atoms with Crippen LogP contribution in [0.1, 0.15) is 19.3 Å². The molecular weight excluding hydrogens is 226 g/mol. The maximum atomic E-state index is 5.66. The molecule has 0 aromatic carbocycles. The van der Waals surface area contributed by atoms with Crippen LogP contribution in [0.15, 0.2) is 12.3 Å². The molecule has 2 N–H and O–H groups in total. The number of nitrogen functional groups attached to an aromatic ring is 1.